The van der Waals surface area contributed by atoms with Gasteiger partial charge in [0.2, 0.25) is 0 Å². The van der Waals surface area contributed by atoms with Gasteiger partial charge in [-0.15, -0.1) is 0 Å². The smallest absolute Gasteiger partial charge is 0.328 e. The van der Waals surface area contributed by atoms with Gasteiger partial charge in [-0.25, -0.2) is 13.9 Å². The van der Waals surface area contributed by atoms with Crippen LogP contribution in [0.25, 0.3) is 11.1 Å². The topological polar surface area (TPSA) is 99.5 Å². The van der Waals surface area contributed by atoms with Crippen LogP contribution in [-0.2, 0) is 23.0 Å². The number of carbonyl (C=O) groups is 2. The molecule has 0 bridgehead atoms. The van der Waals surface area contributed by atoms with Crippen LogP contribution in [0.1, 0.15) is 15.9 Å². The summed E-state index contributed by atoms with van der Waals surface area (Å²) in [6.07, 6.45) is 1.54. The lowest BCUT2D eigenvalue weighted by Crippen LogP contribution is -2.43. The molecule has 0 aliphatic carbocycles. The summed E-state index contributed by atoms with van der Waals surface area (Å²) in [5.74, 6) is -1.69. The van der Waals surface area contributed by atoms with E-state index in [1.54, 1.807) is 24.3 Å². The van der Waals surface area contributed by atoms with E-state index in [1.807, 2.05) is 0 Å². The second-order valence-electron chi connectivity index (χ2n) is 7.09. The summed E-state index contributed by atoms with van der Waals surface area (Å²) >= 11 is 5.99. The number of benzene rings is 2. The molecule has 0 aliphatic heterocycles. The normalized spacial score (nSPS) is 11.5. The molecule has 2 aromatic carbocycles. The molecule has 1 heterocycles. The van der Waals surface area contributed by atoms with Crippen LogP contribution in [0.3, 0.4) is 0 Å². The van der Waals surface area contributed by atoms with Crippen LogP contribution in [0.2, 0.25) is 5.02 Å². The highest BCUT2D eigenvalue weighted by atomic mass is 35.5. The number of halogens is 2. The van der Waals surface area contributed by atoms with Crippen molar-refractivity contribution >= 4 is 23.5 Å². The number of hydrogen-bond acceptors (Lipinski definition) is 6. The minimum absolute atomic E-state index is 0.0507. The Bertz CT molecular complexity index is 1240. The third kappa shape index (κ3) is 5.38. The predicted octanol–water partition coefficient (Wildman–Crippen LogP) is 2.76. The lowest BCUT2D eigenvalue weighted by atomic mass is 10.0. The van der Waals surface area contributed by atoms with Gasteiger partial charge in [0.05, 0.1) is 36.6 Å². The quantitative estimate of drug-likeness (QED) is 0.530. The van der Waals surface area contributed by atoms with Gasteiger partial charge in [-0.2, -0.15) is 5.10 Å². The van der Waals surface area contributed by atoms with Gasteiger partial charge in [-0.05, 0) is 29.3 Å². The molecule has 0 spiro atoms. The van der Waals surface area contributed by atoms with Crippen molar-refractivity contribution in [3.63, 3.8) is 0 Å². The molecule has 0 unspecified atom stereocenters. The fraction of sp³-hybridized carbons (Fsp3) is 0.217. The molecule has 3 rings (SSSR count). The summed E-state index contributed by atoms with van der Waals surface area (Å²) in [6.45, 7) is 0. The zero-order valence-electron chi connectivity index (χ0n) is 18.1. The maximum absolute atomic E-state index is 13.5. The van der Waals surface area contributed by atoms with E-state index in [2.05, 4.69) is 10.4 Å². The zero-order valence-corrected chi connectivity index (χ0v) is 18.9. The Morgan fingerprint density at radius 1 is 1.18 bits per heavy atom. The van der Waals surface area contributed by atoms with Crippen molar-refractivity contribution < 1.29 is 23.5 Å². The van der Waals surface area contributed by atoms with Crippen LogP contribution in [0.5, 0.6) is 5.75 Å². The van der Waals surface area contributed by atoms with Gasteiger partial charge in [-0.3, -0.25) is 9.59 Å². The Kier molecular flexibility index (Phi) is 7.44. The van der Waals surface area contributed by atoms with Gasteiger partial charge >= 0.3 is 5.97 Å². The number of rotatable bonds is 7. The monoisotopic (exact) mass is 473 g/mol. The first-order valence-corrected chi connectivity index (χ1v) is 10.2. The van der Waals surface area contributed by atoms with Gasteiger partial charge in [0.25, 0.3) is 11.5 Å². The SMILES string of the molecule is COC(=O)[C@H](Cc1ccc(-c2c(OC)cnn(C)c2=O)cc1)NC(=O)c1cc(F)ccc1Cl. The van der Waals surface area contributed by atoms with Crippen LogP contribution in [-0.4, -0.2) is 41.9 Å². The highest BCUT2D eigenvalue weighted by molar-refractivity contribution is 6.33. The van der Waals surface area contributed by atoms with E-state index in [4.69, 9.17) is 21.1 Å². The second kappa shape index (κ2) is 10.3. The average Bonchev–Trinajstić information content (AvgIpc) is 2.81. The van der Waals surface area contributed by atoms with Gasteiger partial charge < -0.3 is 14.8 Å². The van der Waals surface area contributed by atoms with E-state index >= 15 is 0 Å². The van der Waals surface area contributed by atoms with Gasteiger partial charge in [0.1, 0.15) is 11.9 Å². The maximum atomic E-state index is 13.5. The molecular formula is C23H21ClFN3O5. The van der Waals surface area contributed by atoms with E-state index in [0.717, 1.165) is 12.1 Å². The molecule has 1 amide bonds. The van der Waals surface area contributed by atoms with Crippen molar-refractivity contribution in [2.45, 2.75) is 12.5 Å². The van der Waals surface area contributed by atoms with E-state index in [-0.39, 0.29) is 22.6 Å². The molecule has 3 aromatic rings. The third-order valence-electron chi connectivity index (χ3n) is 4.97. The average molecular weight is 474 g/mol. The van der Waals surface area contributed by atoms with Gasteiger partial charge in [0.15, 0.2) is 5.75 Å². The standard InChI is InChI=1S/C23H21ClFN3O5/c1-28-22(30)20(19(32-2)12-26-28)14-6-4-13(5-7-14)10-18(23(31)33-3)27-21(29)16-11-15(25)8-9-17(16)24/h4-9,11-12,18H,10H2,1-3H3,(H,27,29)/t18-/m0/s1. The van der Waals surface area contributed by atoms with Crippen LogP contribution in [0.15, 0.2) is 53.5 Å². The minimum Gasteiger partial charge on any atom is -0.494 e. The molecule has 8 nitrogen and oxygen atoms in total. The van der Waals surface area contributed by atoms with Crippen molar-refractivity contribution in [3.8, 4) is 16.9 Å². The second-order valence-corrected chi connectivity index (χ2v) is 7.50. The Hall–Kier alpha value is -3.72. The van der Waals surface area contributed by atoms with E-state index in [0.29, 0.717) is 22.4 Å². The predicted molar refractivity (Wildman–Crippen MR) is 120 cm³/mol. The van der Waals surface area contributed by atoms with Crippen LogP contribution < -0.4 is 15.6 Å². The number of nitrogens with one attached hydrogen (secondary N) is 1. The molecule has 1 N–H and O–H groups in total. The summed E-state index contributed by atoms with van der Waals surface area (Å²) in [5, 5.41) is 6.53. The Morgan fingerprint density at radius 3 is 2.52 bits per heavy atom. The highest BCUT2D eigenvalue weighted by Crippen LogP contribution is 2.26. The molecular weight excluding hydrogens is 453 g/mol. The number of aryl methyl sites for hydroxylation is 1. The Balaban J connectivity index is 1.85. The largest absolute Gasteiger partial charge is 0.494 e. The van der Waals surface area contributed by atoms with Crippen LogP contribution >= 0.6 is 11.6 Å². The molecule has 0 fully saturated rings. The molecule has 1 atom stereocenters. The minimum atomic E-state index is -1.05. The third-order valence-corrected chi connectivity index (χ3v) is 5.30. The summed E-state index contributed by atoms with van der Waals surface area (Å²) < 4.78 is 24.8. The van der Waals surface area contributed by atoms with Crippen molar-refractivity contribution in [2.75, 3.05) is 14.2 Å². The number of hydrogen-bond donors (Lipinski definition) is 1. The number of carbonyl (C=O) groups excluding carboxylic acids is 2. The Labute approximate surface area is 193 Å². The fourth-order valence-electron chi connectivity index (χ4n) is 3.23. The molecule has 1 aromatic heterocycles. The number of aromatic nitrogens is 2. The van der Waals surface area contributed by atoms with E-state index in [9.17, 15) is 18.8 Å². The summed E-state index contributed by atoms with van der Waals surface area (Å²) in [5.41, 5.74) is 1.21. The lowest BCUT2D eigenvalue weighted by Gasteiger charge is -2.17. The first-order chi connectivity index (χ1) is 15.7. The molecule has 0 aliphatic rings. The molecule has 33 heavy (non-hydrogen) atoms. The molecule has 0 saturated heterocycles. The molecule has 0 saturated carbocycles. The number of nitrogens with zero attached hydrogens (tertiary/aromatic N) is 2. The number of methoxy groups -OCH3 is 2. The van der Waals surface area contributed by atoms with Crippen molar-refractivity contribution in [2.24, 2.45) is 7.05 Å². The fourth-order valence-corrected chi connectivity index (χ4v) is 3.43. The van der Waals surface area contributed by atoms with Gasteiger partial charge in [-0.1, -0.05) is 35.9 Å². The number of amides is 1. The number of esters is 1. The lowest BCUT2D eigenvalue weighted by molar-refractivity contribution is -0.142. The summed E-state index contributed by atoms with van der Waals surface area (Å²) in [4.78, 5) is 37.4. The van der Waals surface area contributed by atoms with E-state index in [1.165, 1.54) is 38.2 Å². The highest BCUT2D eigenvalue weighted by Gasteiger charge is 2.24. The van der Waals surface area contributed by atoms with Crippen molar-refractivity contribution in [3.05, 3.63) is 81.0 Å². The van der Waals surface area contributed by atoms with E-state index < -0.39 is 23.7 Å². The summed E-state index contributed by atoms with van der Waals surface area (Å²) in [7, 11) is 4.18. The first kappa shape index (κ1) is 23.9. The summed E-state index contributed by atoms with van der Waals surface area (Å²) in [6, 6.07) is 9.17. The maximum Gasteiger partial charge on any atom is 0.328 e. The van der Waals surface area contributed by atoms with Crippen LogP contribution in [0.4, 0.5) is 4.39 Å². The van der Waals surface area contributed by atoms with Gasteiger partial charge in [0, 0.05) is 13.5 Å². The number of ether oxygens (including phenoxy) is 2. The first-order valence-electron chi connectivity index (χ1n) is 9.78. The molecule has 172 valence electrons. The van der Waals surface area contributed by atoms with Crippen molar-refractivity contribution in [1.29, 1.82) is 0 Å². The van der Waals surface area contributed by atoms with Crippen LogP contribution in [0, 0.1) is 5.82 Å². The zero-order chi connectivity index (χ0) is 24.1. The molecule has 10 heteroatoms. The molecule has 0 radical (unpaired) electrons. The van der Waals surface area contributed by atoms with Crippen molar-refractivity contribution in [1.82, 2.24) is 15.1 Å². The Morgan fingerprint density at radius 2 is 1.88 bits per heavy atom.